The second kappa shape index (κ2) is 6.11. The van der Waals surface area contributed by atoms with Crippen molar-refractivity contribution >= 4 is 15.9 Å². The van der Waals surface area contributed by atoms with Gasteiger partial charge in [0.1, 0.15) is 0 Å². The highest BCUT2D eigenvalue weighted by Gasteiger charge is 2.31. The van der Waals surface area contributed by atoms with Crippen molar-refractivity contribution in [2.45, 2.75) is 32.4 Å². The van der Waals surface area contributed by atoms with Crippen molar-refractivity contribution in [2.24, 2.45) is 5.92 Å². The fraction of sp³-hybridized carbons (Fsp3) is 0.333. The summed E-state index contributed by atoms with van der Waals surface area (Å²) >= 11 is 3.61. The lowest BCUT2D eigenvalue weighted by molar-refractivity contribution is 0.480. The lowest BCUT2D eigenvalue weighted by Gasteiger charge is -2.19. The average molecular weight is 330 g/mol. The summed E-state index contributed by atoms with van der Waals surface area (Å²) in [5.74, 6) is 0.811. The van der Waals surface area contributed by atoms with E-state index in [1.165, 1.54) is 34.0 Å². The first-order valence-corrected chi connectivity index (χ1v) is 8.06. The molecule has 1 nitrogen and oxygen atoms in total. The van der Waals surface area contributed by atoms with E-state index in [4.69, 9.17) is 0 Å². The minimum atomic E-state index is 0.497. The molecule has 1 aliphatic rings. The van der Waals surface area contributed by atoms with Crippen LogP contribution in [-0.4, -0.2) is 0 Å². The van der Waals surface area contributed by atoms with Crippen molar-refractivity contribution in [1.29, 1.82) is 0 Å². The van der Waals surface area contributed by atoms with Crippen LogP contribution in [0, 0.1) is 12.8 Å². The van der Waals surface area contributed by atoms with Crippen LogP contribution < -0.4 is 5.32 Å². The van der Waals surface area contributed by atoms with Gasteiger partial charge >= 0.3 is 0 Å². The molecule has 0 bridgehead atoms. The third kappa shape index (κ3) is 3.31. The van der Waals surface area contributed by atoms with E-state index in [0.29, 0.717) is 6.04 Å². The summed E-state index contributed by atoms with van der Waals surface area (Å²) in [7, 11) is 0. The maximum Gasteiger partial charge on any atom is 0.0351 e. The molecule has 0 aromatic heterocycles. The fourth-order valence-corrected chi connectivity index (χ4v) is 3.05. The first-order chi connectivity index (χ1) is 9.74. The smallest absolute Gasteiger partial charge is 0.0351 e. The summed E-state index contributed by atoms with van der Waals surface area (Å²) < 4.78 is 1.19. The molecule has 0 amide bonds. The predicted octanol–water partition coefficient (Wildman–Crippen LogP) is 5.00. The molecule has 1 saturated carbocycles. The van der Waals surface area contributed by atoms with Crippen LogP contribution in [0.15, 0.2) is 53.0 Å². The molecule has 104 valence electrons. The van der Waals surface area contributed by atoms with Crippen LogP contribution in [0.5, 0.6) is 0 Å². The van der Waals surface area contributed by atoms with Crippen LogP contribution in [-0.2, 0) is 6.54 Å². The van der Waals surface area contributed by atoms with Gasteiger partial charge < -0.3 is 5.32 Å². The maximum absolute atomic E-state index is 3.74. The van der Waals surface area contributed by atoms with E-state index in [2.05, 4.69) is 76.7 Å². The van der Waals surface area contributed by atoms with Gasteiger partial charge in [0, 0.05) is 17.1 Å². The zero-order valence-corrected chi connectivity index (χ0v) is 13.4. The van der Waals surface area contributed by atoms with Gasteiger partial charge in [-0.3, -0.25) is 0 Å². The third-order valence-electron chi connectivity index (χ3n) is 4.01. The molecule has 1 unspecified atom stereocenters. The minimum absolute atomic E-state index is 0.497. The van der Waals surface area contributed by atoms with Crippen LogP contribution in [0.2, 0.25) is 0 Å². The van der Waals surface area contributed by atoms with Gasteiger partial charge in [0.05, 0.1) is 0 Å². The van der Waals surface area contributed by atoms with Crippen molar-refractivity contribution in [3.05, 3.63) is 69.7 Å². The molecular weight excluding hydrogens is 310 g/mol. The van der Waals surface area contributed by atoms with E-state index in [1.54, 1.807) is 0 Å². The van der Waals surface area contributed by atoms with Gasteiger partial charge in [-0.15, -0.1) is 0 Å². The summed E-state index contributed by atoms with van der Waals surface area (Å²) in [5.41, 5.74) is 4.04. The Labute approximate surface area is 129 Å². The van der Waals surface area contributed by atoms with Gasteiger partial charge in [-0.25, -0.2) is 0 Å². The summed E-state index contributed by atoms with van der Waals surface area (Å²) in [6.45, 7) is 3.05. The van der Waals surface area contributed by atoms with Gasteiger partial charge in [0.2, 0.25) is 0 Å². The highest BCUT2D eigenvalue weighted by Crippen LogP contribution is 2.41. The van der Waals surface area contributed by atoms with E-state index < -0.39 is 0 Å². The highest BCUT2D eigenvalue weighted by atomic mass is 79.9. The van der Waals surface area contributed by atoms with E-state index in [1.807, 2.05) is 0 Å². The van der Waals surface area contributed by atoms with Gasteiger partial charge in [0.25, 0.3) is 0 Å². The summed E-state index contributed by atoms with van der Waals surface area (Å²) in [5, 5.41) is 3.74. The van der Waals surface area contributed by atoms with E-state index in [-0.39, 0.29) is 0 Å². The van der Waals surface area contributed by atoms with Crippen molar-refractivity contribution in [3.8, 4) is 0 Å². The standard InChI is InChI=1S/C18H20BrN/c1-13-7-8-14(11-17(13)19)12-20-18(16-9-10-16)15-5-3-2-4-6-15/h2-8,11,16,18,20H,9-10,12H2,1H3. The molecule has 2 heteroatoms. The Morgan fingerprint density at radius 3 is 2.55 bits per heavy atom. The molecule has 0 spiro atoms. The second-order valence-corrected chi connectivity index (χ2v) is 6.54. The molecule has 3 rings (SSSR count). The Bertz CT molecular complexity index is 575. The SMILES string of the molecule is Cc1ccc(CNC(c2ccccc2)C2CC2)cc1Br. The van der Waals surface area contributed by atoms with Crippen LogP contribution in [0.3, 0.4) is 0 Å². The van der Waals surface area contributed by atoms with Crippen molar-refractivity contribution < 1.29 is 0 Å². The molecule has 0 radical (unpaired) electrons. The maximum atomic E-state index is 3.74. The zero-order chi connectivity index (χ0) is 13.9. The summed E-state index contributed by atoms with van der Waals surface area (Å²) in [6, 6.07) is 17.9. The first kappa shape index (κ1) is 13.8. The Morgan fingerprint density at radius 2 is 1.90 bits per heavy atom. The lowest BCUT2D eigenvalue weighted by Crippen LogP contribution is -2.22. The number of aryl methyl sites for hydroxylation is 1. The van der Waals surface area contributed by atoms with Crippen LogP contribution >= 0.6 is 15.9 Å². The van der Waals surface area contributed by atoms with Crippen LogP contribution in [0.4, 0.5) is 0 Å². The van der Waals surface area contributed by atoms with Crippen molar-refractivity contribution in [3.63, 3.8) is 0 Å². The first-order valence-electron chi connectivity index (χ1n) is 7.27. The van der Waals surface area contributed by atoms with Crippen LogP contribution in [0.1, 0.15) is 35.6 Å². The van der Waals surface area contributed by atoms with Gasteiger partial charge in [0.15, 0.2) is 0 Å². The largest absolute Gasteiger partial charge is 0.306 e. The Kier molecular flexibility index (Phi) is 4.23. The van der Waals surface area contributed by atoms with E-state index in [0.717, 1.165) is 12.5 Å². The monoisotopic (exact) mass is 329 g/mol. The third-order valence-corrected chi connectivity index (χ3v) is 4.87. The molecule has 0 saturated heterocycles. The number of halogens is 1. The molecule has 1 N–H and O–H groups in total. The van der Waals surface area contributed by atoms with E-state index in [9.17, 15) is 0 Å². The summed E-state index contributed by atoms with van der Waals surface area (Å²) in [4.78, 5) is 0. The molecule has 2 aromatic carbocycles. The lowest BCUT2D eigenvalue weighted by atomic mass is 10.0. The van der Waals surface area contributed by atoms with Gasteiger partial charge in [-0.05, 0) is 48.4 Å². The number of nitrogens with one attached hydrogen (secondary N) is 1. The van der Waals surface area contributed by atoms with Crippen molar-refractivity contribution in [1.82, 2.24) is 5.32 Å². The minimum Gasteiger partial charge on any atom is -0.306 e. The molecule has 1 aliphatic carbocycles. The topological polar surface area (TPSA) is 12.0 Å². The Hall–Kier alpha value is -1.12. The fourth-order valence-electron chi connectivity index (χ4n) is 2.62. The molecule has 0 heterocycles. The molecule has 1 fully saturated rings. The normalized spacial score (nSPS) is 16.1. The number of rotatable bonds is 5. The predicted molar refractivity (Wildman–Crippen MR) is 87.6 cm³/mol. The van der Waals surface area contributed by atoms with Gasteiger partial charge in [-0.1, -0.05) is 58.4 Å². The number of hydrogen-bond acceptors (Lipinski definition) is 1. The average Bonchev–Trinajstić information content (AvgIpc) is 3.29. The van der Waals surface area contributed by atoms with E-state index >= 15 is 0 Å². The number of hydrogen-bond donors (Lipinski definition) is 1. The van der Waals surface area contributed by atoms with Crippen LogP contribution in [0.25, 0.3) is 0 Å². The molecule has 0 aliphatic heterocycles. The highest BCUT2D eigenvalue weighted by molar-refractivity contribution is 9.10. The van der Waals surface area contributed by atoms with Crippen molar-refractivity contribution in [2.75, 3.05) is 0 Å². The molecule has 2 aromatic rings. The molecular formula is C18H20BrN. The van der Waals surface area contributed by atoms with Gasteiger partial charge in [-0.2, -0.15) is 0 Å². The molecule has 1 atom stereocenters. The summed E-state index contributed by atoms with van der Waals surface area (Å²) in [6.07, 6.45) is 2.70. The quantitative estimate of drug-likeness (QED) is 0.814. The zero-order valence-electron chi connectivity index (χ0n) is 11.8. The number of benzene rings is 2. The molecule has 20 heavy (non-hydrogen) atoms. The Morgan fingerprint density at radius 1 is 1.15 bits per heavy atom. The Balaban J connectivity index is 1.70. The second-order valence-electron chi connectivity index (χ2n) is 5.69.